The van der Waals surface area contributed by atoms with Crippen molar-refractivity contribution in [2.45, 2.75) is 36.8 Å². The van der Waals surface area contributed by atoms with E-state index in [-0.39, 0.29) is 30.2 Å². The number of hydrogen-bond donors (Lipinski definition) is 1. The minimum Gasteiger partial charge on any atom is -0.484 e. The molecule has 1 aliphatic carbocycles. The van der Waals surface area contributed by atoms with Crippen LogP contribution in [0.3, 0.4) is 0 Å². The number of nitrogens with zero attached hydrogens (tertiary/aromatic N) is 2. The van der Waals surface area contributed by atoms with E-state index >= 15 is 0 Å². The fourth-order valence-electron chi connectivity index (χ4n) is 4.00. The lowest BCUT2D eigenvalue weighted by Gasteiger charge is -2.27. The molecule has 0 bridgehead atoms. The lowest BCUT2D eigenvalue weighted by molar-refractivity contribution is 0.0502. The molecular weight excluding hydrogens is 490 g/mol. The molecule has 8 nitrogen and oxygen atoms in total. The number of likely N-dealkylation sites (N-methyl/N-ethyl adjacent to an activating group) is 1. The van der Waals surface area contributed by atoms with Crippen molar-refractivity contribution in [2.24, 2.45) is 0 Å². The first-order valence-electron chi connectivity index (χ1n) is 11.6. The maximum atomic E-state index is 12.6. The zero-order valence-electron chi connectivity index (χ0n) is 20.3. The highest BCUT2D eigenvalue weighted by Gasteiger charge is 2.37. The molecule has 0 heterocycles. The Hall–Kier alpha value is -2.19. The smallest absolute Gasteiger partial charge is 0.240 e. The largest absolute Gasteiger partial charge is 0.484 e. The van der Waals surface area contributed by atoms with Gasteiger partial charge in [0.05, 0.1) is 42.4 Å². The van der Waals surface area contributed by atoms with Gasteiger partial charge in [0.25, 0.3) is 0 Å². The summed E-state index contributed by atoms with van der Waals surface area (Å²) >= 11 is 6.25. The summed E-state index contributed by atoms with van der Waals surface area (Å²) in [6.07, 6.45) is 1.27. The van der Waals surface area contributed by atoms with Crippen molar-refractivity contribution in [1.29, 1.82) is 5.26 Å². The molecule has 0 spiro atoms. The second-order valence-corrected chi connectivity index (χ2v) is 10.7. The molecule has 0 aliphatic heterocycles. The first-order valence-corrected chi connectivity index (χ1v) is 13.4. The Labute approximate surface area is 212 Å². The van der Waals surface area contributed by atoms with E-state index in [9.17, 15) is 13.7 Å². The molecule has 2 aromatic carbocycles. The molecule has 0 amide bonds. The number of hydrogen-bond acceptors (Lipinski definition) is 7. The molecule has 1 aliphatic rings. The minimum absolute atomic E-state index is 0.00742. The van der Waals surface area contributed by atoms with E-state index in [1.165, 1.54) is 12.1 Å². The average Bonchev–Trinajstić information content (AvgIpc) is 3.19. The van der Waals surface area contributed by atoms with E-state index < -0.39 is 10.0 Å². The van der Waals surface area contributed by atoms with Crippen molar-refractivity contribution in [1.82, 2.24) is 9.62 Å². The third-order valence-corrected chi connectivity index (χ3v) is 7.45. The molecule has 190 valence electrons. The van der Waals surface area contributed by atoms with Gasteiger partial charge in [0, 0.05) is 18.2 Å². The van der Waals surface area contributed by atoms with Crippen LogP contribution in [0.25, 0.3) is 0 Å². The van der Waals surface area contributed by atoms with Gasteiger partial charge in [-0.1, -0.05) is 18.5 Å². The summed E-state index contributed by atoms with van der Waals surface area (Å²) in [5.41, 5.74) is 2.37. The number of halogens is 1. The normalized spacial score (nSPS) is 17.4. The Morgan fingerprint density at radius 1 is 1.11 bits per heavy atom. The summed E-state index contributed by atoms with van der Waals surface area (Å²) in [6, 6.07) is 12.0. The van der Waals surface area contributed by atoms with E-state index in [4.69, 9.17) is 25.8 Å². The van der Waals surface area contributed by atoms with Gasteiger partial charge in [-0.2, -0.15) is 5.26 Å². The summed E-state index contributed by atoms with van der Waals surface area (Å²) in [6.45, 7) is 4.06. The molecule has 0 radical (unpaired) electrons. The molecule has 0 fully saturated rings. The predicted molar refractivity (Wildman–Crippen MR) is 134 cm³/mol. The van der Waals surface area contributed by atoms with Crippen LogP contribution in [0, 0.1) is 11.3 Å². The Morgan fingerprint density at radius 2 is 1.80 bits per heavy atom. The van der Waals surface area contributed by atoms with E-state index in [0.29, 0.717) is 42.6 Å². The SMILES string of the molecule is CCCOCCOCCNS(=O)(=O)c1ccc(O[C@H]2c3cc(Cl)cc(C#N)c3C[C@@H]2N(C)C)cc1. The maximum Gasteiger partial charge on any atom is 0.240 e. The molecule has 35 heavy (non-hydrogen) atoms. The van der Waals surface area contributed by atoms with Crippen LogP contribution < -0.4 is 9.46 Å². The fraction of sp³-hybridized carbons (Fsp3) is 0.480. The number of ether oxygens (including phenoxy) is 3. The van der Waals surface area contributed by atoms with Crippen LogP contribution in [0.15, 0.2) is 41.3 Å². The van der Waals surface area contributed by atoms with Crippen LogP contribution in [-0.4, -0.2) is 66.4 Å². The van der Waals surface area contributed by atoms with Gasteiger partial charge in [0.2, 0.25) is 10.0 Å². The molecule has 10 heteroatoms. The van der Waals surface area contributed by atoms with Crippen molar-refractivity contribution in [3.8, 4) is 11.8 Å². The van der Waals surface area contributed by atoms with Crippen LogP contribution in [0.5, 0.6) is 5.75 Å². The molecule has 0 saturated heterocycles. The average molecular weight is 522 g/mol. The number of nitriles is 1. The third kappa shape index (κ3) is 7.17. The van der Waals surface area contributed by atoms with Gasteiger partial charge in [-0.3, -0.25) is 0 Å². The number of fused-ring (bicyclic) bond motifs is 1. The number of sulfonamides is 1. The molecule has 1 N–H and O–H groups in total. The summed E-state index contributed by atoms with van der Waals surface area (Å²) in [7, 11) is 0.253. The van der Waals surface area contributed by atoms with Crippen LogP contribution in [-0.2, 0) is 25.9 Å². The van der Waals surface area contributed by atoms with Crippen molar-refractivity contribution in [3.63, 3.8) is 0 Å². The number of benzene rings is 2. The Morgan fingerprint density at radius 3 is 2.43 bits per heavy atom. The Bertz CT molecular complexity index is 1130. The van der Waals surface area contributed by atoms with Gasteiger partial charge in [-0.15, -0.1) is 0 Å². The highest BCUT2D eigenvalue weighted by atomic mass is 35.5. The van der Waals surface area contributed by atoms with Gasteiger partial charge in [-0.25, -0.2) is 13.1 Å². The van der Waals surface area contributed by atoms with Crippen molar-refractivity contribution < 1.29 is 22.6 Å². The number of nitrogens with one attached hydrogen (secondary N) is 1. The van der Waals surface area contributed by atoms with Gasteiger partial charge < -0.3 is 19.1 Å². The van der Waals surface area contributed by atoms with Crippen LogP contribution in [0.1, 0.15) is 36.1 Å². The first kappa shape index (κ1) is 27.4. The van der Waals surface area contributed by atoms with Crippen molar-refractivity contribution in [3.05, 3.63) is 58.1 Å². The highest BCUT2D eigenvalue weighted by molar-refractivity contribution is 7.89. The second kappa shape index (κ2) is 12.7. The second-order valence-electron chi connectivity index (χ2n) is 8.50. The highest BCUT2D eigenvalue weighted by Crippen LogP contribution is 2.40. The van der Waals surface area contributed by atoms with E-state index in [0.717, 1.165) is 17.5 Å². The maximum absolute atomic E-state index is 12.6. The first-order chi connectivity index (χ1) is 16.8. The van der Waals surface area contributed by atoms with Crippen LogP contribution in [0.4, 0.5) is 0 Å². The summed E-state index contributed by atoms with van der Waals surface area (Å²) in [5.74, 6) is 0.530. The summed E-state index contributed by atoms with van der Waals surface area (Å²) in [5, 5.41) is 10.0. The zero-order valence-corrected chi connectivity index (χ0v) is 21.9. The van der Waals surface area contributed by atoms with E-state index in [2.05, 4.69) is 15.7 Å². The molecular formula is C25H32ClN3O5S. The van der Waals surface area contributed by atoms with E-state index in [1.54, 1.807) is 18.2 Å². The molecule has 2 aromatic rings. The molecule has 0 aromatic heterocycles. The van der Waals surface area contributed by atoms with Crippen LogP contribution >= 0.6 is 11.6 Å². The van der Waals surface area contributed by atoms with Crippen LogP contribution in [0.2, 0.25) is 5.02 Å². The Balaban J connectivity index is 1.63. The monoisotopic (exact) mass is 521 g/mol. The van der Waals surface area contributed by atoms with Gasteiger partial charge in [0.15, 0.2) is 0 Å². The van der Waals surface area contributed by atoms with Gasteiger partial charge >= 0.3 is 0 Å². The predicted octanol–water partition coefficient (Wildman–Crippen LogP) is 3.54. The fourth-order valence-corrected chi connectivity index (χ4v) is 5.24. The van der Waals surface area contributed by atoms with Gasteiger partial charge in [0.1, 0.15) is 11.9 Å². The van der Waals surface area contributed by atoms with Gasteiger partial charge in [-0.05, 0) is 74.5 Å². The Kier molecular flexibility index (Phi) is 9.92. The number of rotatable bonds is 13. The molecule has 2 atom stereocenters. The quantitative estimate of drug-likeness (QED) is 0.402. The summed E-state index contributed by atoms with van der Waals surface area (Å²) < 4.78 is 44.7. The standard InChI is InChI=1S/C25H32ClN3O5S/c1-4-10-32-12-13-33-11-9-28-35(30,31)21-7-5-20(6-8-21)34-25-23-15-19(26)14-18(17-27)22(23)16-24(25)29(2)3/h5-8,14-15,24-25,28H,4,9-13,16H2,1-3H3/t24-,25-/m0/s1. The van der Waals surface area contributed by atoms with Crippen molar-refractivity contribution >= 4 is 21.6 Å². The molecule has 3 rings (SSSR count). The lowest BCUT2D eigenvalue weighted by Crippen LogP contribution is -2.34. The third-order valence-electron chi connectivity index (χ3n) is 5.76. The molecule has 0 unspecified atom stereocenters. The lowest BCUT2D eigenvalue weighted by atomic mass is 10.0. The van der Waals surface area contributed by atoms with Crippen molar-refractivity contribution in [2.75, 3.05) is 47.1 Å². The van der Waals surface area contributed by atoms with E-state index in [1.807, 2.05) is 27.1 Å². The topological polar surface area (TPSA) is 101 Å². The zero-order chi connectivity index (χ0) is 25.4. The minimum atomic E-state index is -3.67. The summed E-state index contributed by atoms with van der Waals surface area (Å²) in [4.78, 5) is 2.20. The molecule has 0 saturated carbocycles.